The Balaban J connectivity index is 2.21. The molecule has 1 saturated carbocycles. The standard InChI is InChI=1S/C20H20/c1-20(2)18-14-10-5-3-4-8-12-16(18)17-13-9-6-7-11-15-19(17)20/h3-15,18H,1-2H3/b5-3-,7-6?,8-4-,9-6?,11-7?,13-9?,14-10-,15-11?,16-12-,17-13?,19-15?. The van der Waals surface area contributed by atoms with Crippen LogP contribution >= 0.6 is 0 Å². The Labute approximate surface area is 121 Å². The Morgan fingerprint density at radius 3 is 2.10 bits per heavy atom. The van der Waals surface area contributed by atoms with Gasteiger partial charge in [0.25, 0.3) is 0 Å². The molecule has 100 valence electrons. The normalized spacial score (nSPS) is 33.7. The molecule has 0 radical (unpaired) electrons. The first-order chi connectivity index (χ1) is 9.71. The molecule has 3 aliphatic carbocycles. The lowest BCUT2D eigenvalue weighted by atomic mass is 9.77. The quantitative estimate of drug-likeness (QED) is 0.559. The van der Waals surface area contributed by atoms with Gasteiger partial charge in [0.1, 0.15) is 0 Å². The van der Waals surface area contributed by atoms with Crippen LogP contribution in [-0.4, -0.2) is 0 Å². The van der Waals surface area contributed by atoms with E-state index in [-0.39, 0.29) is 5.41 Å². The minimum Gasteiger partial charge on any atom is -0.0761 e. The SMILES string of the molecule is CC1(C)C2=CC=CC=CC=C2/C2=C/C=C\C=C/C=C\C21. The van der Waals surface area contributed by atoms with Crippen molar-refractivity contribution in [3.8, 4) is 0 Å². The highest BCUT2D eigenvalue weighted by atomic mass is 14.5. The highest BCUT2D eigenvalue weighted by Gasteiger charge is 2.43. The summed E-state index contributed by atoms with van der Waals surface area (Å²) in [7, 11) is 0. The predicted molar refractivity (Wildman–Crippen MR) is 87.2 cm³/mol. The van der Waals surface area contributed by atoms with Gasteiger partial charge in [0.05, 0.1) is 0 Å². The lowest BCUT2D eigenvalue weighted by Crippen LogP contribution is -2.18. The number of fused-ring (bicyclic) bond motifs is 3. The van der Waals surface area contributed by atoms with Gasteiger partial charge < -0.3 is 0 Å². The van der Waals surface area contributed by atoms with Crippen LogP contribution in [0.5, 0.6) is 0 Å². The van der Waals surface area contributed by atoms with Crippen LogP contribution in [-0.2, 0) is 0 Å². The summed E-state index contributed by atoms with van der Waals surface area (Å²) < 4.78 is 0. The zero-order valence-corrected chi connectivity index (χ0v) is 12.1. The molecule has 0 saturated heterocycles. The molecule has 0 aromatic rings. The second-order valence-corrected chi connectivity index (χ2v) is 5.91. The molecule has 1 fully saturated rings. The maximum absolute atomic E-state index is 2.34. The van der Waals surface area contributed by atoms with Gasteiger partial charge in [-0.2, -0.15) is 0 Å². The van der Waals surface area contributed by atoms with Crippen molar-refractivity contribution in [3.05, 3.63) is 95.7 Å². The van der Waals surface area contributed by atoms with Crippen molar-refractivity contribution in [3.63, 3.8) is 0 Å². The molecule has 0 heterocycles. The first kappa shape index (κ1) is 12.9. The first-order valence-corrected chi connectivity index (χ1v) is 7.19. The topological polar surface area (TPSA) is 0 Å². The molecule has 0 aliphatic heterocycles. The molecule has 1 unspecified atom stereocenters. The van der Waals surface area contributed by atoms with Crippen LogP contribution in [0.25, 0.3) is 0 Å². The van der Waals surface area contributed by atoms with Crippen LogP contribution in [0.15, 0.2) is 95.7 Å². The van der Waals surface area contributed by atoms with E-state index >= 15 is 0 Å². The summed E-state index contributed by atoms with van der Waals surface area (Å²) in [5.74, 6) is 0.423. The van der Waals surface area contributed by atoms with Crippen LogP contribution in [0.2, 0.25) is 0 Å². The summed E-state index contributed by atoms with van der Waals surface area (Å²) in [5, 5.41) is 0. The minimum atomic E-state index is 0.121. The average molecular weight is 260 g/mol. The van der Waals surface area contributed by atoms with Gasteiger partial charge in [-0.1, -0.05) is 92.8 Å². The fraction of sp³-hybridized carbons (Fsp3) is 0.200. The van der Waals surface area contributed by atoms with Crippen molar-refractivity contribution >= 4 is 0 Å². The van der Waals surface area contributed by atoms with Crippen LogP contribution in [0.4, 0.5) is 0 Å². The monoisotopic (exact) mass is 260 g/mol. The second-order valence-electron chi connectivity index (χ2n) is 5.91. The lowest BCUT2D eigenvalue weighted by Gasteiger charge is -2.26. The molecule has 0 aromatic heterocycles. The van der Waals surface area contributed by atoms with Crippen LogP contribution in [0, 0.1) is 11.3 Å². The van der Waals surface area contributed by atoms with Gasteiger partial charge in [-0.3, -0.25) is 0 Å². The third kappa shape index (κ3) is 2.12. The molecule has 0 heteroatoms. The van der Waals surface area contributed by atoms with E-state index in [0.717, 1.165) is 0 Å². The van der Waals surface area contributed by atoms with E-state index in [4.69, 9.17) is 0 Å². The lowest BCUT2D eigenvalue weighted by molar-refractivity contribution is 0.400. The van der Waals surface area contributed by atoms with E-state index in [1.807, 2.05) is 0 Å². The highest BCUT2D eigenvalue weighted by Crippen LogP contribution is 2.54. The van der Waals surface area contributed by atoms with Gasteiger partial charge in [-0.25, -0.2) is 0 Å². The summed E-state index contributed by atoms with van der Waals surface area (Å²) in [6.07, 6.45) is 28.1. The second kappa shape index (κ2) is 5.13. The molecule has 0 amide bonds. The summed E-state index contributed by atoms with van der Waals surface area (Å²) in [5.41, 5.74) is 4.33. The molecule has 3 aliphatic rings. The van der Waals surface area contributed by atoms with Gasteiger partial charge in [-0.05, 0) is 16.7 Å². The Morgan fingerprint density at radius 1 is 0.700 bits per heavy atom. The van der Waals surface area contributed by atoms with Crippen molar-refractivity contribution in [2.24, 2.45) is 11.3 Å². The number of rotatable bonds is 0. The number of hydrogen-bond acceptors (Lipinski definition) is 0. The van der Waals surface area contributed by atoms with Gasteiger partial charge in [0.2, 0.25) is 0 Å². The fourth-order valence-corrected chi connectivity index (χ4v) is 3.21. The Hall–Kier alpha value is -2.08. The Kier molecular flexibility index (Phi) is 3.31. The van der Waals surface area contributed by atoms with Gasteiger partial charge >= 0.3 is 0 Å². The molecule has 3 rings (SSSR count). The fourth-order valence-electron chi connectivity index (χ4n) is 3.21. The van der Waals surface area contributed by atoms with Crippen molar-refractivity contribution in [1.29, 1.82) is 0 Å². The Morgan fingerprint density at radius 2 is 1.30 bits per heavy atom. The van der Waals surface area contributed by atoms with Gasteiger partial charge in [0.15, 0.2) is 0 Å². The molecule has 0 nitrogen and oxygen atoms in total. The zero-order valence-electron chi connectivity index (χ0n) is 12.1. The summed E-state index contributed by atoms with van der Waals surface area (Å²) in [6.45, 7) is 4.68. The molecule has 0 N–H and O–H groups in total. The summed E-state index contributed by atoms with van der Waals surface area (Å²) in [6, 6.07) is 0. The number of allylic oxidation sites excluding steroid dienone is 16. The van der Waals surface area contributed by atoms with E-state index in [2.05, 4.69) is 92.8 Å². The minimum absolute atomic E-state index is 0.121. The molecule has 20 heavy (non-hydrogen) atoms. The van der Waals surface area contributed by atoms with Crippen LogP contribution in [0.3, 0.4) is 0 Å². The molecular weight excluding hydrogens is 240 g/mol. The van der Waals surface area contributed by atoms with Crippen molar-refractivity contribution < 1.29 is 0 Å². The smallest absolute Gasteiger partial charge is 0.0119 e. The maximum Gasteiger partial charge on any atom is 0.0119 e. The third-order valence-corrected chi connectivity index (χ3v) is 4.29. The van der Waals surface area contributed by atoms with Gasteiger partial charge in [0, 0.05) is 11.3 Å². The Bertz CT molecular complexity index is 638. The molecule has 0 spiro atoms. The predicted octanol–water partition coefficient (Wildman–Crippen LogP) is 5.23. The van der Waals surface area contributed by atoms with Crippen molar-refractivity contribution in [2.75, 3.05) is 0 Å². The van der Waals surface area contributed by atoms with E-state index in [1.165, 1.54) is 16.7 Å². The highest BCUT2D eigenvalue weighted by molar-refractivity contribution is 5.62. The molecule has 1 atom stereocenters. The van der Waals surface area contributed by atoms with Crippen molar-refractivity contribution in [1.82, 2.24) is 0 Å². The molecule has 0 aromatic carbocycles. The molecular formula is C20H20. The van der Waals surface area contributed by atoms with Crippen LogP contribution in [0.1, 0.15) is 13.8 Å². The summed E-state index contributed by atoms with van der Waals surface area (Å²) in [4.78, 5) is 0. The average Bonchev–Trinajstić information content (AvgIpc) is 2.64. The molecule has 0 bridgehead atoms. The summed E-state index contributed by atoms with van der Waals surface area (Å²) >= 11 is 0. The number of hydrogen-bond donors (Lipinski definition) is 0. The van der Waals surface area contributed by atoms with Crippen molar-refractivity contribution in [2.45, 2.75) is 13.8 Å². The third-order valence-electron chi connectivity index (χ3n) is 4.29. The van der Waals surface area contributed by atoms with E-state index < -0.39 is 0 Å². The largest absolute Gasteiger partial charge is 0.0761 e. The van der Waals surface area contributed by atoms with Gasteiger partial charge in [-0.15, -0.1) is 0 Å². The van der Waals surface area contributed by atoms with E-state index in [0.29, 0.717) is 5.92 Å². The van der Waals surface area contributed by atoms with Crippen LogP contribution < -0.4 is 0 Å². The maximum atomic E-state index is 2.34. The zero-order chi connectivity index (χ0) is 14.0. The van der Waals surface area contributed by atoms with E-state index in [1.54, 1.807) is 0 Å². The van der Waals surface area contributed by atoms with E-state index in [9.17, 15) is 0 Å². The first-order valence-electron chi connectivity index (χ1n) is 7.19.